The monoisotopic (exact) mass is 278 g/mol. The van der Waals surface area contributed by atoms with Gasteiger partial charge in [0.05, 0.1) is 6.54 Å². The van der Waals surface area contributed by atoms with E-state index in [1.54, 1.807) is 0 Å². The van der Waals surface area contributed by atoms with Gasteiger partial charge < -0.3 is 9.47 Å². The third-order valence-electron chi connectivity index (χ3n) is 4.20. The highest BCUT2D eigenvalue weighted by Crippen LogP contribution is 2.25. The van der Waals surface area contributed by atoms with E-state index in [1.807, 2.05) is 38.2 Å². The van der Waals surface area contributed by atoms with E-state index in [9.17, 15) is 4.79 Å². The number of rotatable bonds is 5. The summed E-state index contributed by atoms with van der Waals surface area (Å²) >= 11 is 0. The van der Waals surface area contributed by atoms with Gasteiger partial charge in [0.15, 0.2) is 0 Å². The lowest BCUT2D eigenvalue weighted by atomic mass is 9.97. The van der Waals surface area contributed by atoms with Gasteiger partial charge in [0, 0.05) is 45.0 Å². The summed E-state index contributed by atoms with van der Waals surface area (Å²) in [5.41, 5.74) is 0. The Labute approximate surface area is 121 Å². The highest BCUT2D eigenvalue weighted by molar-refractivity contribution is 5.78. The van der Waals surface area contributed by atoms with Gasteiger partial charge in [-0.1, -0.05) is 0 Å². The lowest BCUT2D eigenvalue weighted by molar-refractivity contribution is -0.132. The minimum Gasteiger partial charge on any atom is -0.342 e. The van der Waals surface area contributed by atoms with Crippen LogP contribution in [-0.2, 0) is 11.8 Å². The fourth-order valence-corrected chi connectivity index (χ4v) is 3.05. The number of amides is 1. The van der Waals surface area contributed by atoms with E-state index < -0.39 is 0 Å². The summed E-state index contributed by atoms with van der Waals surface area (Å²) < 4.78 is 2.10. The number of aromatic nitrogens is 2. The zero-order valence-corrected chi connectivity index (χ0v) is 12.9. The number of carbonyl (C=O) groups is 1. The number of carbonyl (C=O) groups excluding carboxylic acids is 1. The predicted octanol–water partition coefficient (Wildman–Crippen LogP) is 1.47. The number of nitrogens with zero attached hydrogens (tertiary/aromatic N) is 4. The molecule has 0 saturated carbocycles. The number of imidazole rings is 1. The van der Waals surface area contributed by atoms with Crippen LogP contribution in [0.3, 0.4) is 0 Å². The van der Waals surface area contributed by atoms with Gasteiger partial charge in [-0.3, -0.25) is 9.69 Å². The first-order valence-corrected chi connectivity index (χ1v) is 7.63. The average molecular weight is 278 g/mol. The van der Waals surface area contributed by atoms with Crippen LogP contribution in [0.4, 0.5) is 0 Å². The molecule has 2 rings (SSSR count). The summed E-state index contributed by atoms with van der Waals surface area (Å²) in [5.74, 6) is 1.84. The second kappa shape index (κ2) is 6.88. The summed E-state index contributed by atoms with van der Waals surface area (Å²) in [6.07, 6.45) is 6.16. The molecule has 0 N–H and O–H groups in total. The fourth-order valence-electron chi connectivity index (χ4n) is 3.05. The maximum Gasteiger partial charge on any atom is 0.236 e. The normalized spacial score (nSPS) is 20.1. The molecule has 1 saturated heterocycles. The smallest absolute Gasteiger partial charge is 0.236 e. The van der Waals surface area contributed by atoms with Gasteiger partial charge >= 0.3 is 0 Å². The molecule has 1 aliphatic rings. The quantitative estimate of drug-likeness (QED) is 0.819. The van der Waals surface area contributed by atoms with Gasteiger partial charge in [-0.2, -0.15) is 0 Å². The molecule has 1 fully saturated rings. The van der Waals surface area contributed by atoms with Crippen LogP contribution in [0.1, 0.15) is 38.4 Å². The number of hydrogen-bond acceptors (Lipinski definition) is 3. The highest BCUT2D eigenvalue weighted by atomic mass is 16.2. The molecular formula is C15H26N4O. The number of aryl methyl sites for hydroxylation is 1. The van der Waals surface area contributed by atoms with E-state index in [4.69, 9.17) is 0 Å². The van der Waals surface area contributed by atoms with E-state index in [0.717, 1.165) is 38.4 Å². The van der Waals surface area contributed by atoms with Gasteiger partial charge in [0.1, 0.15) is 5.82 Å². The molecule has 1 aromatic rings. The Balaban J connectivity index is 1.94. The molecule has 0 radical (unpaired) electrons. The van der Waals surface area contributed by atoms with Crippen molar-refractivity contribution in [3.63, 3.8) is 0 Å². The molecule has 20 heavy (non-hydrogen) atoms. The minimum atomic E-state index is 0.246. The van der Waals surface area contributed by atoms with Crippen molar-refractivity contribution in [3.8, 4) is 0 Å². The van der Waals surface area contributed by atoms with Gasteiger partial charge in [-0.15, -0.1) is 0 Å². The van der Waals surface area contributed by atoms with Gasteiger partial charge in [-0.25, -0.2) is 4.98 Å². The van der Waals surface area contributed by atoms with E-state index in [2.05, 4.69) is 14.5 Å². The second-order valence-electron chi connectivity index (χ2n) is 5.54. The summed E-state index contributed by atoms with van der Waals surface area (Å²) in [6.45, 7) is 8.18. The summed E-state index contributed by atoms with van der Waals surface area (Å²) in [7, 11) is 2.04. The average Bonchev–Trinajstić information content (AvgIpc) is 2.86. The van der Waals surface area contributed by atoms with Gasteiger partial charge in [0.2, 0.25) is 5.91 Å². The maximum atomic E-state index is 12.2. The molecule has 1 amide bonds. The van der Waals surface area contributed by atoms with Crippen molar-refractivity contribution in [3.05, 3.63) is 18.2 Å². The van der Waals surface area contributed by atoms with Crippen LogP contribution < -0.4 is 0 Å². The van der Waals surface area contributed by atoms with Crippen LogP contribution >= 0.6 is 0 Å². The molecule has 5 heteroatoms. The van der Waals surface area contributed by atoms with Crippen molar-refractivity contribution < 1.29 is 4.79 Å². The first-order valence-electron chi connectivity index (χ1n) is 7.63. The Morgan fingerprint density at radius 2 is 2.20 bits per heavy atom. The van der Waals surface area contributed by atoms with Crippen molar-refractivity contribution in [2.75, 3.05) is 32.7 Å². The molecule has 0 aromatic carbocycles. The largest absolute Gasteiger partial charge is 0.342 e. The number of likely N-dealkylation sites (tertiary alicyclic amines) is 1. The Morgan fingerprint density at radius 1 is 1.45 bits per heavy atom. The van der Waals surface area contributed by atoms with Crippen molar-refractivity contribution in [1.29, 1.82) is 0 Å². The standard InChI is InChI=1S/C15H26N4O/c1-4-19(5-2)14(20)12-18-9-6-7-13(11-18)15-16-8-10-17(15)3/h8,10,13H,4-7,9,11-12H2,1-3H3. The lowest BCUT2D eigenvalue weighted by Gasteiger charge is -2.33. The number of hydrogen-bond donors (Lipinski definition) is 0. The molecule has 1 aliphatic heterocycles. The van der Waals surface area contributed by atoms with Crippen LogP contribution in [0.15, 0.2) is 12.4 Å². The van der Waals surface area contributed by atoms with Crippen LogP contribution in [0.25, 0.3) is 0 Å². The van der Waals surface area contributed by atoms with E-state index >= 15 is 0 Å². The summed E-state index contributed by atoms with van der Waals surface area (Å²) in [4.78, 5) is 20.8. The Morgan fingerprint density at radius 3 is 2.80 bits per heavy atom. The first kappa shape index (κ1) is 15.0. The molecule has 0 bridgehead atoms. The van der Waals surface area contributed by atoms with E-state index in [1.165, 1.54) is 6.42 Å². The molecule has 2 heterocycles. The molecule has 112 valence electrons. The first-order chi connectivity index (χ1) is 9.65. The maximum absolute atomic E-state index is 12.2. The molecule has 1 atom stereocenters. The summed E-state index contributed by atoms with van der Waals surface area (Å²) in [6, 6.07) is 0. The van der Waals surface area contributed by atoms with Crippen molar-refractivity contribution in [1.82, 2.24) is 19.4 Å². The topological polar surface area (TPSA) is 41.4 Å². The zero-order valence-electron chi connectivity index (χ0n) is 12.9. The summed E-state index contributed by atoms with van der Waals surface area (Å²) in [5, 5.41) is 0. The lowest BCUT2D eigenvalue weighted by Crippen LogP contribution is -2.44. The minimum absolute atomic E-state index is 0.246. The highest BCUT2D eigenvalue weighted by Gasteiger charge is 2.26. The molecule has 1 aromatic heterocycles. The van der Waals surface area contributed by atoms with Crippen molar-refractivity contribution in [2.24, 2.45) is 7.05 Å². The second-order valence-corrected chi connectivity index (χ2v) is 5.54. The molecular weight excluding hydrogens is 252 g/mol. The van der Waals surface area contributed by atoms with Crippen LogP contribution in [0.5, 0.6) is 0 Å². The third-order valence-corrected chi connectivity index (χ3v) is 4.20. The zero-order chi connectivity index (χ0) is 14.5. The number of piperidine rings is 1. The van der Waals surface area contributed by atoms with E-state index in [-0.39, 0.29) is 5.91 Å². The number of likely N-dealkylation sites (N-methyl/N-ethyl adjacent to an activating group) is 1. The Hall–Kier alpha value is -1.36. The molecule has 0 spiro atoms. The molecule has 0 aliphatic carbocycles. The van der Waals surface area contributed by atoms with Gasteiger partial charge in [0.25, 0.3) is 0 Å². The van der Waals surface area contributed by atoms with Crippen molar-refractivity contribution >= 4 is 5.91 Å². The van der Waals surface area contributed by atoms with Gasteiger partial charge in [-0.05, 0) is 33.2 Å². The fraction of sp³-hybridized carbons (Fsp3) is 0.733. The van der Waals surface area contributed by atoms with Crippen LogP contribution in [-0.4, -0.2) is 58.0 Å². The molecule has 1 unspecified atom stereocenters. The van der Waals surface area contributed by atoms with E-state index in [0.29, 0.717) is 12.5 Å². The Bertz CT molecular complexity index is 439. The van der Waals surface area contributed by atoms with Crippen molar-refractivity contribution in [2.45, 2.75) is 32.6 Å². The van der Waals surface area contributed by atoms with Crippen LogP contribution in [0.2, 0.25) is 0 Å². The SMILES string of the molecule is CCN(CC)C(=O)CN1CCCC(c2nccn2C)C1. The van der Waals surface area contributed by atoms with Crippen LogP contribution in [0, 0.1) is 0 Å². The Kier molecular flexibility index (Phi) is 5.17. The third kappa shape index (κ3) is 3.39. The molecule has 5 nitrogen and oxygen atoms in total. The predicted molar refractivity (Wildman–Crippen MR) is 79.6 cm³/mol.